The number of hydrogen-bond acceptors (Lipinski definition) is 2. The minimum atomic E-state index is -0.146. The Balaban J connectivity index is 2.13. The molecular formula is C8H13N3O. The Labute approximate surface area is 71.2 Å². The lowest BCUT2D eigenvalue weighted by atomic mass is 9.83. The lowest BCUT2D eigenvalue weighted by Gasteiger charge is -2.29. The second kappa shape index (κ2) is 2.96. The van der Waals surface area contributed by atoms with Gasteiger partial charge in [0.15, 0.2) is 0 Å². The van der Waals surface area contributed by atoms with E-state index in [0.717, 1.165) is 25.7 Å². The standard InChI is InChI=1S/C8H13N3O/c9-11-10-8-5-1-2-6(8)4-7(12)3-5/h5-8,12H,1-4H2/t5-,6+,7?,8?. The van der Waals surface area contributed by atoms with E-state index in [9.17, 15) is 5.11 Å². The fraction of sp³-hybridized carbons (Fsp3) is 1.00. The molecule has 0 heterocycles. The SMILES string of the molecule is [N-]=[N+]=NC1[C@@H]2CC[C@H]1CC(O)C2. The van der Waals surface area contributed by atoms with Crippen LogP contribution in [0.4, 0.5) is 0 Å². The molecule has 2 fully saturated rings. The fourth-order valence-corrected chi connectivity index (χ4v) is 2.71. The van der Waals surface area contributed by atoms with Crippen LogP contribution >= 0.6 is 0 Å². The van der Waals surface area contributed by atoms with Gasteiger partial charge in [0.25, 0.3) is 0 Å². The van der Waals surface area contributed by atoms with Crippen molar-refractivity contribution in [2.75, 3.05) is 0 Å². The van der Waals surface area contributed by atoms with E-state index >= 15 is 0 Å². The topological polar surface area (TPSA) is 69.0 Å². The van der Waals surface area contributed by atoms with Crippen molar-refractivity contribution in [1.29, 1.82) is 0 Å². The van der Waals surface area contributed by atoms with Crippen molar-refractivity contribution in [3.05, 3.63) is 10.4 Å². The maximum absolute atomic E-state index is 9.44. The van der Waals surface area contributed by atoms with Crippen molar-refractivity contribution in [3.63, 3.8) is 0 Å². The average molecular weight is 167 g/mol. The van der Waals surface area contributed by atoms with Crippen LogP contribution in [0.3, 0.4) is 0 Å². The molecule has 12 heavy (non-hydrogen) atoms. The van der Waals surface area contributed by atoms with E-state index in [0.29, 0.717) is 11.8 Å². The first-order valence-electron chi connectivity index (χ1n) is 4.53. The Morgan fingerprint density at radius 2 is 1.83 bits per heavy atom. The molecule has 2 aliphatic carbocycles. The highest BCUT2D eigenvalue weighted by molar-refractivity contribution is 4.96. The molecule has 0 aromatic rings. The van der Waals surface area contributed by atoms with Gasteiger partial charge >= 0.3 is 0 Å². The highest BCUT2D eigenvalue weighted by Crippen LogP contribution is 2.44. The molecule has 0 aliphatic heterocycles. The van der Waals surface area contributed by atoms with Gasteiger partial charge in [0.05, 0.1) is 6.10 Å². The monoisotopic (exact) mass is 167 g/mol. The number of aliphatic hydroxyl groups is 1. The van der Waals surface area contributed by atoms with Crippen LogP contribution in [-0.4, -0.2) is 17.3 Å². The lowest BCUT2D eigenvalue weighted by Crippen LogP contribution is -2.31. The van der Waals surface area contributed by atoms with Crippen molar-refractivity contribution in [2.45, 2.75) is 37.8 Å². The van der Waals surface area contributed by atoms with Crippen molar-refractivity contribution in [3.8, 4) is 0 Å². The molecule has 4 atom stereocenters. The average Bonchev–Trinajstić information content (AvgIpc) is 2.32. The number of hydrogen-bond donors (Lipinski definition) is 1. The van der Waals surface area contributed by atoms with Crippen LogP contribution < -0.4 is 0 Å². The molecule has 0 spiro atoms. The molecule has 0 amide bonds. The van der Waals surface area contributed by atoms with Gasteiger partial charge in [-0.3, -0.25) is 0 Å². The molecular weight excluding hydrogens is 154 g/mol. The molecule has 4 heteroatoms. The molecule has 2 aliphatic rings. The predicted octanol–water partition coefficient (Wildman–Crippen LogP) is 1.85. The van der Waals surface area contributed by atoms with Crippen LogP contribution in [0, 0.1) is 11.8 Å². The Kier molecular flexibility index (Phi) is 1.95. The largest absolute Gasteiger partial charge is 0.393 e. The van der Waals surface area contributed by atoms with Crippen LogP contribution in [0.2, 0.25) is 0 Å². The zero-order chi connectivity index (χ0) is 8.55. The number of azide groups is 1. The predicted molar refractivity (Wildman–Crippen MR) is 44.4 cm³/mol. The van der Waals surface area contributed by atoms with Crippen LogP contribution in [0.15, 0.2) is 5.11 Å². The van der Waals surface area contributed by atoms with Crippen LogP contribution in [0.1, 0.15) is 25.7 Å². The molecule has 2 rings (SSSR count). The van der Waals surface area contributed by atoms with E-state index in [1.807, 2.05) is 0 Å². The number of nitrogens with zero attached hydrogens (tertiary/aromatic N) is 3. The Morgan fingerprint density at radius 3 is 2.33 bits per heavy atom. The summed E-state index contributed by atoms with van der Waals surface area (Å²) in [7, 11) is 0. The maximum Gasteiger partial charge on any atom is 0.0545 e. The first-order valence-corrected chi connectivity index (χ1v) is 4.53. The van der Waals surface area contributed by atoms with Gasteiger partial charge in [0.1, 0.15) is 0 Å². The molecule has 1 N–H and O–H groups in total. The molecule has 2 bridgehead atoms. The molecule has 0 radical (unpaired) electrons. The minimum Gasteiger partial charge on any atom is -0.393 e. The molecule has 66 valence electrons. The minimum absolute atomic E-state index is 0.146. The summed E-state index contributed by atoms with van der Waals surface area (Å²) in [6.45, 7) is 0. The molecule has 2 saturated carbocycles. The highest BCUT2D eigenvalue weighted by atomic mass is 16.3. The Bertz CT molecular complexity index is 210. The van der Waals surface area contributed by atoms with Gasteiger partial charge in [0, 0.05) is 11.0 Å². The van der Waals surface area contributed by atoms with E-state index in [-0.39, 0.29) is 12.1 Å². The third-order valence-corrected chi connectivity index (χ3v) is 3.21. The Morgan fingerprint density at radius 1 is 1.25 bits per heavy atom. The van der Waals surface area contributed by atoms with E-state index in [1.54, 1.807) is 0 Å². The summed E-state index contributed by atoms with van der Waals surface area (Å²) in [5.74, 6) is 0.907. The normalized spacial score (nSPS) is 45.4. The van der Waals surface area contributed by atoms with Crippen molar-refractivity contribution in [2.24, 2.45) is 17.0 Å². The van der Waals surface area contributed by atoms with Gasteiger partial charge < -0.3 is 5.11 Å². The third kappa shape index (κ3) is 1.17. The van der Waals surface area contributed by atoms with E-state index in [1.165, 1.54) is 0 Å². The quantitative estimate of drug-likeness (QED) is 0.361. The van der Waals surface area contributed by atoms with E-state index in [4.69, 9.17) is 5.53 Å². The zero-order valence-electron chi connectivity index (χ0n) is 6.93. The van der Waals surface area contributed by atoms with Crippen LogP contribution in [-0.2, 0) is 0 Å². The van der Waals surface area contributed by atoms with Crippen molar-refractivity contribution in [1.82, 2.24) is 0 Å². The smallest absolute Gasteiger partial charge is 0.0545 e. The highest BCUT2D eigenvalue weighted by Gasteiger charge is 2.41. The summed E-state index contributed by atoms with van der Waals surface area (Å²) < 4.78 is 0. The van der Waals surface area contributed by atoms with Gasteiger partial charge in [-0.25, -0.2) is 0 Å². The number of rotatable bonds is 1. The number of fused-ring (bicyclic) bond motifs is 2. The first-order chi connectivity index (χ1) is 5.81. The summed E-state index contributed by atoms with van der Waals surface area (Å²) in [5, 5.41) is 13.3. The number of aliphatic hydroxyl groups excluding tert-OH is 1. The van der Waals surface area contributed by atoms with E-state index < -0.39 is 0 Å². The Hall–Kier alpha value is -0.730. The van der Waals surface area contributed by atoms with Gasteiger partial charge in [-0.2, -0.15) is 0 Å². The second-order valence-corrected chi connectivity index (χ2v) is 3.92. The summed E-state index contributed by atoms with van der Waals surface area (Å²) in [6.07, 6.45) is 3.78. The van der Waals surface area contributed by atoms with Gasteiger partial charge in [-0.1, -0.05) is 5.11 Å². The molecule has 0 aromatic carbocycles. The third-order valence-electron chi connectivity index (χ3n) is 3.21. The van der Waals surface area contributed by atoms with E-state index in [2.05, 4.69) is 10.0 Å². The summed E-state index contributed by atoms with van der Waals surface area (Å²) in [6, 6.07) is 0.179. The molecule has 0 saturated heterocycles. The summed E-state index contributed by atoms with van der Waals surface area (Å²) in [5.41, 5.74) is 8.34. The zero-order valence-corrected chi connectivity index (χ0v) is 6.93. The summed E-state index contributed by atoms with van der Waals surface area (Å²) in [4.78, 5) is 2.87. The molecule has 4 nitrogen and oxygen atoms in total. The first kappa shape index (κ1) is 7.90. The second-order valence-electron chi connectivity index (χ2n) is 3.92. The van der Waals surface area contributed by atoms with Crippen molar-refractivity contribution < 1.29 is 5.11 Å². The molecule has 0 aromatic heterocycles. The fourth-order valence-electron chi connectivity index (χ4n) is 2.71. The van der Waals surface area contributed by atoms with Gasteiger partial charge in [-0.05, 0) is 43.1 Å². The lowest BCUT2D eigenvalue weighted by molar-refractivity contribution is 0.0851. The van der Waals surface area contributed by atoms with Crippen molar-refractivity contribution >= 4 is 0 Å². The molecule has 2 unspecified atom stereocenters. The maximum atomic E-state index is 9.44. The summed E-state index contributed by atoms with van der Waals surface area (Å²) >= 11 is 0. The van der Waals surface area contributed by atoms with Gasteiger partial charge in [0.2, 0.25) is 0 Å². The van der Waals surface area contributed by atoms with Crippen LogP contribution in [0.5, 0.6) is 0 Å². The van der Waals surface area contributed by atoms with Crippen LogP contribution in [0.25, 0.3) is 10.4 Å². The van der Waals surface area contributed by atoms with Gasteiger partial charge in [-0.15, -0.1) is 0 Å².